The Morgan fingerprint density at radius 3 is 2.68 bits per heavy atom. The maximum Gasteiger partial charge on any atom is 0.243 e. The minimum Gasteiger partial charge on any atom is -0.398 e. The molecule has 128 valence electrons. The molecule has 0 radical (unpaired) electrons. The van der Waals surface area contributed by atoms with Crippen molar-refractivity contribution in [3.63, 3.8) is 0 Å². The topological polar surface area (TPSA) is 98.7 Å². The molecule has 2 aromatic carbocycles. The van der Waals surface area contributed by atoms with Crippen molar-refractivity contribution in [2.75, 3.05) is 12.3 Å². The summed E-state index contributed by atoms with van der Waals surface area (Å²) in [6.07, 6.45) is 0.614. The van der Waals surface area contributed by atoms with Crippen LogP contribution in [0, 0.1) is 5.82 Å². The van der Waals surface area contributed by atoms with E-state index in [1.165, 1.54) is 16.9 Å². The van der Waals surface area contributed by atoms with Gasteiger partial charge in [0.1, 0.15) is 12.4 Å². The van der Waals surface area contributed by atoms with Crippen molar-refractivity contribution < 1.29 is 9.18 Å². The highest BCUT2D eigenvalue weighted by molar-refractivity contribution is 5.75. The minimum atomic E-state index is -0.278. The lowest BCUT2D eigenvalue weighted by Gasteiger charge is -2.04. The molecule has 25 heavy (non-hydrogen) atoms. The number of anilines is 1. The molecule has 1 aromatic heterocycles. The largest absolute Gasteiger partial charge is 0.398 e. The number of aromatic nitrogens is 4. The SMILES string of the molecule is Nc1ccccc1-c1nnn(CC(=O)NCCc2ccc(F)cc2)n1. The van der Waals surface area contributed by atoms with Crippen LogP contribution in [0.5, 0.6) is 0 Å². The lowest BCUT2D eigenvalue weighted by molar-refractivity contribution is -0.122. The predicted molar refractivity (Wildman–Crippen MR) is 90.8 cm³/mol. The van der Waals surface area contributed by atoms with Crippen molar-refractivity contribution in [1.29, 1.82) is 0 Å². The van der Waals surface area contributed by atoms with Gasteiger partial charge in [0.15, 0.2) is 0 Å². The molecule has 1 heterocycles. The van der Waals surface area contributed by atoms with E-state index < -0.39 is 0 Å². The van der Waals surface area contributed by atoms with Gasteiger partial charge >= 0.3 is 0 Å². The van der Waals surface area contributed by atoms with E-state index in [4.69, 9.17) is 5.73 Å². The molecule has 0 unspecified atom stereocenters. The number of halogens is 1. The van der Waals surface area contributed by atoms with Crippen LogP contribution < -0.4 is 11.1 Å². The number of hydrogen-bond donors (Lipinski definition) is 2. The van der Waals surface area contributed by atoms with Crippen LogP contribution in [-0.4, -0.2) is 32.7 Å². The number of benzene rings is 2. The summed E-state index contributed by atoms with van der Waals surface area (Å²) in [7, 11) is 0. The van der Waals surface area contributed by atoms with Crippen LogP contribution in [0.15, 0.2) is 48.5 Å². The van der Waals surface area contributed by atoms with Gasteiger partial charge in [0.25, 0.3) is 0 Å². The Balaban J connectivity index is 1.52. The number of tetrazole rings is 1. The van der Waals surface area contributed by atoms with Crippen molar-refractivity contribution in [3.05, 3.63) is 59.9 Å². The standard InChI is InChI=1S/C17H17FN6O/c18-13-7-5-12(6-8-13)9-10-20-16(25)11-24-22-17(21-23-24)14-3-1-2-4-15(14)19/h1-8H,9-11,19H2,(H,20,25). The monoisotopic (exact) mass is 340 g/mol. The van der Waals surface area contributed by atoms with Crippen LogP contribution in [0.4, 0.5) is 10.1 Å². The number of nitrogens with one attached hydrogen (secondary N) is 1. The minimum absolute atomic E-state index is 0.0385. The highest BCUT2D eigenvalue weighted by atomic mass is 19.1. The van der Waals surface area contributed by atoms with Crippen LogP contribution in [0.3, 0.4) is 0 Å². The highest BCUT2D eigenvalue weighted by Crippen LogP contribution is 2.20. The van der Waals surface area contributed by atoms with Crippen LogP contribution in [0.2, 0.25) is 0 Å². The number of amides is 1. The molecule has 0 fully saturated rings. The van der Waals surface area contributed by atoms with E-state index in [0.717, 1.165) is 5.56 Å². The summed E-state index contributed by atoms with van der Waals surface area (Å²) in [6, 6.07) is 13.4. The van der Waals surface area contributed by atoms with E-state index in [0.29, 0.717) is 30.0 Å². The van der Waals surface area contributed by atoms with Crippen molar-refractivity contribution in [3.8, 4) is 11.4 Å². The Bertz CT molecular complexity index is 862. The Morgan fingerprint density at radius 1 is 1.16 bits per heavy atom. The molecule has 0 aliphatic heterocycles. The Hall–Kier alpha value is -3.29. The molecule has 1 amide bonds. The summed E-state index contributed by atoms with van der Waals surface area (Å²) in [5.41, 5.74) is 8.04. The first-order chi connectivity index (χ1) is 12.1. The average molecular weight is 340 g/mol. The molecule has 3 rings (SSSR count). The van der Waals surface area contributed by atoms with Gasteiger partial charge in [-0.2, -0.15) is 4.80 Å². The summed E-state index contributed by atoms with van der Waals surface area (Å²) < 4.78 is 12.8. The first kappa shape index (κ1) is 16.6. The van der Waals surface area contributed by atoms with Crippen LogP contribution in [-0.2, 0) is 17.8 Å². The quantitative estimate of drug-likeness (QED) is 0.661. The Kier molecular flexibility index (Phi) is 4.98. The van der Waals surface area contributed by atoms with E-state index >= 15 is 0 Å². The van der Waals surface area contributed by atoms with Gasteiger partial charge in [-0.15, -0.1) is 10.2 Å². The third-order valence-electron chi connectivity index (χ3n) is 3.59. The van der Waals surface area contributed by atoms with Gasteiger partial charge in [0.05, 0.1) is 0 Å². The van der Waals surface area contributed by atoms with E-state index in [9.17, 15) is 9.18 Å². The number of rotatable bonds is 6. The van der Waals surface area contributed by atoms with Crippen molar-refractivity contribution in [2.45, 2.75) is 13.0 Å². The van der Waals surface area contributed by atoms with E-state index in [1.54, 1.807) is 24.3 Å². The maximum atomic E-state index is 12.8. The second-order valence-corrected chi connectivity index (χ2v) is 5.46. The molecule has 0 bridgehead atoms. The van der Waals surface area contributed by atoms with Gasteiger partial charge in [-0.1, -0.05) is 24.3 Å². The summed E-state index contributed by atoms with van der Waals surface area (Å²) in [5.74, 6) is -0.135. The van der Waals surface area contributed by atoms with Gasteiger partial charge in [-0.25, -0.2) is 4.39 Å². The molecule has 0 atom stereocenters. The van der Waals surface area contributed by atoms with Gasteiger partial charge in [0.2, 0.25) is 11.7 Å². The molecule has 3 aromatic rings. The smallest absolute Gasteiger partial charge is 0.243 e. The number of para-hydroxylation sites is 1. The number of nitrogens with zero attached hydrogens (tertiary/aromatic N) is 4. The molecular weight excluding hydrogens is 323 g/mol. The third-order valence-corrected chi connectivity index (χ3v) is 3.59. The number of carbonyl (C=O) groups is 1. The molecule has 0 aliphatic rings. The van der Waals surface area contributed by atoms with Crippen LogP contribution >= 0.6 is 0 Å². The average Bonchev–Trinajstić information content (AvgIpc) is 3.05. The zero-order valence-corrected chi connectivity index (χ0v) is 13.4. The van der Waals surface area contributed by atoms with Crippen LogP contribution in [0.1, 0.15) is 5.56 Å². The molecular formula is C17H17FN6O. The number of carbonyl (C=O) groups excluding carboxylic acids is 1. The zero-order valence-electron chi connectivity index (χ0n) is 13.4. The van der Waals surface area contributed by atoms with Gasteiger partial charge < -0.3 is 11.1 Å². The molecule has 0 saturated carbocycles. The Labute approximate surface area is 143 Å². The lowest BCUT2D eigenvalue weighted by atomic mass is 10.1. The van der Waals surface area contributed by atoms with Gasteiger partial charge in [-0.05, 0) is 41.5 Å². The van der Waals surface area contributed by atoms with E-state index in [2.05, 4.69) is 20.7 Å². The summed E-state index contributed by atoms with van der Waals surface area (Å²) in [5, 5.41) is 14.7. The van der Waals surface area contributed by atoms with Gasteiger partial charge in [-0.3, -0.25) is 4.79 Å². The lowest BCUT2D eigenvalue weighted by Crippen LogP contribution is -2.30. The van der Waals surface area contributed by atoms with Crippen molar-refractivity contribution in [1.82, 2.24) is 25.5 Å². The molecule has 3 N–H and O–H groups in total. The first-order valence-corrected chi connectivity index (χ1v) is 7.75. The zero-order chi connectivity index (χ0) is 17.6. The summed E-state index contributed by atoms with van der Waals surface area (Å²) in [4.78, 5) is 13.2. The number of nitrogen functional groups attached to an aromatic ring is 1. The summed E-state index contributed by atoms with van der Waals surface area (Å²) >= 11 is 0. The fraction of sp³-hybridized carbons (Fsp3) is 0.176. The Morgan fingerprint density at radius 2 is 1.92 bits per heavy atom. The highest BCUT2D eigenvalue weighted by Gasteiger charge is 2.11. The van der Waals surface area contributed by atoms with Crippen LogP contribution in [0.25, 0.3) is 11.4 Å². The fourth-order valence-corrected chi connectivity index (χ4v) is 2.30. The fourth-order valence-electron chi connectivity index (χ4n) is 2.30. The molecule has 0 spiro atoms. The van der Waals surface area contributed by atoms with E-state index in [-0.39, 0.29) is 18.3 Å². The molecule has 7 nitrogen and oxygen atoms in total. The van der Waals surface area contributed by atoms with E-state index in [1.807, 2.05) is 12.1 Å². The third kappa shape index (κ3) is 4.37. The normalized spacial score (nSPS) is 10.6. The number of hydrogen-bond acceptors (Lipinski definition) is 5. The maximum absolute atomic E-state index is 12.8. The molecule has 0 saturated heterocycles. The molecule has 8 heteroatoms. The number of nitrogens with two attached hydrogens (primary N) is 1. The molecule has 0 aliphatic carbocycles. The predicted octanol–water partition coefficient (Wildman–Crippen LogP) is 1.42. The summed E-state index contributed by atoms with van der Waals surface area (Å²) in [6.45, 7) is 0.404. The van der Waals surface area contributed by atoms with Crippen molar-refractivity contribution >= 4 is 11.6 Å². The second-order valence-electron chi connectivity index (χ2n) is 5.46. The van der Waals surface area contributed by atoms with Crippen molar-refractivity contribution in [2.24, 2.45) is 0 Å². The first-order valence-electron chi connectivity index (χ1n) is 7.75. The second kappa shape index (κ2) is 7.52. The van der Waals surface area contributed by atoms with Gasteiger partial charge in [0, 0.05) is 17.8 Å².